The van der Waals surface area contributed by atoms with Crippen molar-refractivity contribution in [2.75, 3.05) is 50.6 Å². The number of hydrogen-bond donors (Lipinski definition) is 1. The second kappa shape index (κ2) is 8.51. The SMILES string of the molecule is COc1ccc(C(=O)Nc2cc3c(cc2N2CCN(C)CC2)n(C)c(=O)c(=O)n3C)cc1. The first-order valence-electron chi connectivity index (χ1n) is 10.4. The van der Waals surface area contributed by atoms with Gasteiger partial charge in [0, 0.05) is 45.8 Å². The van der Waals surface area contributed by atoms with Crippen LogP contribution in [0.15, 0.2) is 46.0 Å². The number of likely N-dealkylation sites (N-methyl/N-ethyl adjacent to an activating group) is 1. The van der Waals surface area contributed by atoms with Crippen molar-refractivity contribution in [3.8, 4) is 5.75 Å². The zero-order valence-electron chi connectivity index (χ0n) is 18.7. The largest absolute Gasteiger partial charge is 0.497 e. The molecule has 4 rings (SSSR count). The first kappa shape index (κ1) is 21.6. The molecule has 1 aliphatic heterocycles. The fourth-order valence-corrected chi connectivity index (χ4v) is 3.95. The summed E-state index contributed by atoms with van der Waals surface area (Å²) in [6.45, 7) is 3.34. The molecule has 0 spiro atoms. The molecular formula is C23H27N5O4. The molecule has 3 aromatic rings. The number of hydrogen-bond acceptors (Lipinski definition) is 6. The number of anilines is 2. The number of aromatic nitrogens is 2. The highest BCUT2D eigenvalue weighted by Crippen LogP contribution is 2.32. The standard InChI is InChI=1S/C23H27N5O4/c1-25-9-11-28(12-10-25)18-14-20-19(26(2)22(30)23(31)27(20)3)13-17(18)24-21(29)15-5-7-16(32-4)8-6-15/h5-8,13-14H,9-12H2,1-4H3,(H,24,29). The van der Waals surface area contributed by atoms with Gasteiger partial charge in [0.05, 0.1) is 29.5 Å². The first-order chi connectivity index (χ1) is 15.3. The molecule has 32 heavy (non-hydrogen) atoms. The minimum absolute atomic E-state index is 0.266. The van der Waals surface area contributed by atoms with E-state index in [4.69, 9.17) is 4.74 Å². The monoisotopic (exact) mass is 437 g/mol. The molecule has 1 aromatic heterocycles. The van der Waals surface area contributed by atoms with Crippen LogP contribution in [0.25, 0.3) is 11.0 Å². The van der Waals surface area contributed by atoms with Gasteiger partial charge in [0.2, 0.25) is 0 Å². The Bertz CT molecular complexity index is 1280. The van der Waals surface area contributed by atoms with Crippen molar-refractivity contribution in [2.24, 2.45) is 14.1 Å². The Morgan fingerprint density at radius 3 is 2.00 bits per heavy atom. The van der Waals surface area contributed by atoms with Gasteiger partial charge in [-0.25, -0.2) is 0 Å². The summed E-state index contributed by atoms with van der Waals surface area (Å²) in [6, 6.07) is 10.5. The highest BCUT2D eigenvalue weighted by atomic mass is 16.5. The molecule has 1 aliphatic rings. The number of rotatable bonds is 4. The number of carbonyl (C=O) groups excluding carboxylic acids is 1. The lowest BCUT2D eigenvalue weighted by Gasteiger charge is -2.35. The van der Waals surface area contributed by atoms with Crippen LogP contribution in [0.3, 0.4) is 0 Å². The third-order valence-electron chi connectivity index (χ3n) is 6.05. The van der Waals surface area contributed by atoms with Crippen LogP contribution in [0, 0.1) is 0 Å². The summed E-state index contributed by atoms with van der Waals surface area (Å²) in [5.74, 6) is 0.401. The van der Waals surface area contributed by atoms with Crippen LogP contribution in [0.5, 0.6) is 5.75 Å². The van der Waals surface area contributed by atoms with Crippen molar-refractivity contribution in [3.63, 3.8) is 0 Å². The fourth-order valence-electron chi connectivity index (χ4n) is 3.95. The Balaban J connectivity index is 1.82. The molecule has 0 saturated carbocycles. The lowest BCUT2D eigenvalue weighted by Crippen LogP contribution is -2.45. The number of ether oxygens (including phenoxy) is 1. The van der Waals surface area contributed by atoms with Crippen LogP contribution < -0.4 is 26.1 Å². The molecule has 168 valence electrons. The number of nitrogens with one attached hydrogen (secondary N) is 1. The zero-order chi connectivity index (χ0) is 23.0. The molecule has 0 radical (unpaired) electrons. The molecule has 2 aromatic carbocycles. The van der Waals surface area contributed by atoms with E-state index in [0.717, 1.165) is 31.9 Å². The molecule has 2 heterocycles. The van der Waals surface area contributed by atoms with Crippen LogP contribution in [-0.4, -0.2) is 60.3 Å². The van der Waals surface area contributed by atoms with E-state index in [-0.39, 0.29) is 5.91 Å². The maximum Gasteiger partial charge on any atom is 0.316 e. The number of aryl methyl sites for hydroxylation is 2. The van der Waals surface area contributed by atoms with Gasteiger partial charge in [-0.1, -0.05) is 0 Å². The Morgan fingerprint density at radius 1 is 0.875 bits per heavy atom. The summed E-state index contributed by atoms with van der Waals surface area (Å²) in [5.41, 5.74) is 1.91. The second-order valence-electron chi connectivity index (χ2n) is 8.06. The highest BCUT2D eigenvalue weighted by Gasteiger charge is 2.21. The average molecular weight is 438 g/mol. The van der Waals surface area contributed by atoms with Crippen molar-refractivity contribution in [2.45, 2.75) is 0 Å². The highest BCUT2D eigenvalue weighted by molar-refractivity contribution is 6.07. The smallest absolute Gasteiger partial charge is 0.316 e. The van der Waals surface area contributed by atoms with E-state index in [1.165, 1.54) is 9.13 Å². The van der Waals surface area contributed by atoms with Crippen molar-refractivity contribution < 1.29 is 9.53 Å². The summed E-state index contributed by atoms with van der Waals surface area (Å²) < 4.78 is 7.86. The number of carbonyl (C=O) groups is 1. The predicted octanol–water partition coefficient (Wildman–Crippen LogP) is 1.25. The second-order valence-corrected chi connectivity index (χ2v) is 8.06. The Morgan fingerprint density at radius 2 is 1.44 bits per heavy atom. The summed E-state index contributed by atoms with van der Waals surface area (Å²) in [6.07, 6.45) is 0. The number of methoxy groups -OCH3 is 1. The summed E-state index contributed by atoms with van der Waals surface area (Å²) in [5, 5.41) is 3.01. The summed E-state index contributed by atoms with van der Waals surface area (Å²) >= 11 is 0. The van der Waals surface area contributed by atoms with Gasteiger partial charge in [0.25, 0.3) is 5.91 Å². The molecule has 0 atom stereocenters. The van der Waals surface area contributed by atoms with Crippen LogP contribution in [0.1, 0.15) is 10.4 Å². The number of amides is 1. The minimum Gasteiger partial charge on any atom is -0.497 e. The quantitative estimate of drug-likeness (QED) is 0.618. The van der Waals surface area contributed by atoms with Crippen molar-refractivity contribution >= 4 is 28.3 Å². The van der Waals surface area contributed by atoms with E-state index in [1.54, 1.807) is 51.5 Å². The van der Waals surface area contributed by atoms with Gasteiger partial charge in [-0.15, -0.1) is 0 Å². The summed E-state index contributed by atoms with van der Waals surface area (Å²) in [4.78, 5) is 42.2. The molecule has 1 N–H and O–H groups in total. The Kier molecular flexibility index (Phi) is 5.75. The molecule has 1 amide bonds. The molecule has 1 saturated heterocycles. The third-order valence-corrected chi connectivity index (χ3v) is 6.05. The van der Waals surface area contributed by atoms with E-state index in [0.29, 0.717) is 28.0 Å². The molecular weight excluding hydrogens is 410 g/mol. The van der Waals surface area contributed by atoms with Gasteiger partial charge in [0.1, 0.15) is 5.75 Å². The van der Waals surface area contributed by atoms with Gasteiger partial charge in [0.15, 0.2) is 0 Å². The van der Waals surface area contributed by atoms with E-state index in [2.05, 4.69) is 22.2 Å². The molecule has 1 fully saturated rings. The lowest BCUT2D eigenvalue weighted by molar-refractivity contribution is 0.102. The van der Waals surface area contributed by atoms with E-state index < -0.39 is 11.1 Å². The number of nitrogens with zero attached hydrogens (tertiary/aromatic N) is 4. The van der Waals surface area contributed by atoms with Crippen LogP contribution in [0.4, 0.5) is 11.4 Å². The number of piperazine rings is 1. The Hall–Kier alpha value is -3.59. The van der Waals surface area contributed by atoms with Gasteiger partial charge < -0.3 is 29.0 Å². The molecule has 9 heteroatoms. The van der Waals surface area contributed by atoms with Crippen LogP contribution in [-0.2, 0) is 14.1 Å². The van der Waals surface area contributed by atoms with Crippen molar-refractivity contribution in [1.82, 2.24) is 14.0 Å². The van der Waals surface area contributed by atoms with E-state index in [9.17, 15) is 14.4 Å². The normalized spacial score (nSPS) is 14.6. The van der Waals surface area contributed by atoms with Gasteiger partial charge >= 0.3 is 11.1 Å². The van der Waals surface area contributed by atoms with Crippen molar-refractivity contribution in [3.05, 3.63) is 62.7 Å². The fraction of sp³-hybridized carbons (Fsp3) is 0.348. The number of fused-ring (bicyclic) bond motifs is 1. The van der Waals surface area contributed by atoms with Crippen LogP contribution in [0.2, 0.25) is 0 Å². The zero-order valence-corrected chi connectivity index (χ0v) is 18.7. The molecule has 0 bridgehead atoms. The minimum atomic E-state index is -0.611. The van der Waals surface area contributed by atoms with E-state index in [1.807, 2.05) is 6.07 Å². The lowest BCUT2D eigenvalue weighted by atomic mass is 10.1. The van der Waals surface area contributed by atoms with Gasteiger partial charge in [-0.05, 0) is 43.4 Å². The summed E-state index contributed by atoms with van der Waals surface area (Å²) in [7, 11) is 6.81. The number of benzene rings is 2. The maximum atomic E-state index is 13.0. The molecule has 0 unspecified atom stereocenters. The van der Waals surface area contributed by atoms with Crippen molar-refractivity contribution in [1.29, 1.82) is 0 Å². The molecule has 0 aliphatic carbocycles. The average Bonchev–Trinajstić information content (AvgIpc) is 2.81. The Labute approximate surface area is 185 Å². The van der Waals surface area contributed by atoms with Crippen LogP contribution >= 0.6 is 0 Å². The maximum absolute atomic E-state index is 13.0. The molecule has 9 nitrogen and oxygen atoms in total. The predicted molar refractivity (Wildman–Crippen MR) is 125 cm³/mol. The van der Waals surface area contributed by atoms with Gasteiger partial charge in [-0.3, -0.25) is 14.4 Å². The third kappa shape index (κ3) is 3.87. The van der Waals surface area contributed by atoms with E-state index >= 15 is 0 Å². The first-order valence-corrected chi connectivity index (χ1v) is 10.4. The topological polar surface area (TPSA) is 88.8 Å². The van der Waals surface area contributed by atoms with Gasteiger partial charge in [-0.2, -0.15) is 0 Å².